The molecule has 0 spiro atoms. The Morgan fingerprint density at radius 2 is 1.97 bits per heavy atom. The molecular formula is C23H25ClN4O2. The van der Waals surface area contributed by atoms with E-state index in [4.69, 9.17) is 16.0 Å². The van der Waals surface area contributed by atoms with Crippen LogP contribution in [0, 0.1) is 5.92 Å². The summed E-state index contributed by atoms with van der Waals surface area (Å²) in [6.45, 7) is 4.07. The standard InChI is InChI=1S/C23H25ClN4O2/c1-2-19-15-27-23(30-19)18-12-20(24)21(25-14-18)28-10-8-17(9-11-28)22(29)26-13-16-6-4-3-5-7-16/h3-7,12,14-15,17H,2,8-11,13H2,1H3,(H,26,29). The van der Waals surface area contributed by atoms with E-state index in [1.54, 1.807) is 12.4 Å². The third kappa shape index (κ3) is 4.65. The first kappa shape index (κ1) is 20.4. The summed E-state index contributed by atoms with van der Waals surface area (Å²) in [5, 5.41) is 3.62. The number of rotatable bonds is 6. The third-order valence-corrected chi connectivity index (χ3v) is 5.72. The maximum Gasteiger partial charge on any atom is 0.227 e. The first-order valence-corrected chi connectivity index (χ1v) is 10.7. The largest absolute Gasteiger partial charge is 0.441 e. The van der Waals surface area contributed by atoms with Crippen molar-refractivity contribution in [3.05, 3.63) is 65.1 Å². The Labute approximate surface area is 181 Å². The summed E-state index contributed by atoms with van der Waals surface area (Å²) < 4.78 is 5.69. The number of pyridine rings is 1. The smallest absolute Gasteiger partial charge is 0.227 e. The van der Waals surface area contributed by atoms with Crippen molar-refractivity contribution in [1.82, 2.24) is 15.3 Å². The molecule has 156 valence electrons. The fraction of sp³-hybridized carbons (Fsp3) is 0.348. The Kier molecular flexibility index (Phi) is 6.33. The minimum atomic E-state index is 0.0165. The number of piperidine rings is 1. The Morgan fingerprint density at radius 3 is 2.63 bits per heavy atom. The van der Waals surface area contributed by atoms with Crippen molar-refractivity contribution in [1.29, 1.82) is 0 Å². The molecule has 0 bridgehead atoms. The molecule has 1 saturated heterocycles. The predicted molar refractivity (Wildman–Crippen MR) is 117 cm³/mol. The zero-order valence-electron chi connectivity index (χ0n) is 17.0. The van der Waals surface area contributed by atoms with Gasteiger partial charge >= 0.3 is 0 Å². The Balaban J connectivity index is 1.34. The summed E-state index contributed by atoms with van der Waals surface area (Å²) in [6, 6.07) is 11.8. The van der Waals surface area contributed by atoms with E-state index in [2.05, 4.69) is 20.2 Å². The quantitative estimate of drug-likeness (QED) is 0.631. The van der Waals surface area contributed by atoms with Crippen LogP contribution in [-0.2, 0) is 17.8 Å². The van der Waals surface area contributed by atoms with Crippen LogP contribution >= 0.6 is 11.6 Å². The van der Waals surface area contributed by atoms with Crippen LogP contribution in [0.1, 0.15) is 31.1 Å². The van der Waals surface area contributed by atoms with Crippen molar-refractivity contribution >= 4 is 23.3 Å². The summed E-state index contributed by atoms with van der Waals surface area (Å²) in [5.41, 5.74) is 1.87. The van der Waals surface area contributed by atoms with Gasteiger partial charge in [-0.25, -0.2) is 9.97 Å². The van der Waals surface area contributed by atoms with E-state index < -0.39 is 0 Å². The van der Waals surface area contributed by atoms with Gasteiger partial charge in [0.15, 0.2) is 0 Å². The fourth-order valence-corrected chi connectivity index (χ4v) is 3.95. The van der Waals surface area contributed by atoms with E-state index >= 15 is 0 Å². The van der Waals surface area contributed by atoms with Crippen molar-refractivity contribution in [2.24, 2.45) is 5.92 Å². The van der Waals surface area contributed by atoms with E-state index in [1.165, 1.54) is 0 Å². The van der Waals surface area contributed by atoms with Gasteiger partial charge in [-0.1, -0.05) is 48.9 Å². The maximum absolute atomic E-state index is 12.5. The summed E-state index contributed by atoms with van der Waals surface area (Å²) in [7, 11) is 0. The van der Waals surface area contributed by atoms with Gasteiger partial charge in [0.2, 0.25) is 11.8 Å². The minimum Gasteiger partial charge on any atom is -0.441 e. The van der Waals surface area contributed by atoms with Crippen LogP contribution in [0.5, 0.6) is 0 Å². The Bertz CT molecular complexity index is 997. The second kappa shape index (κ2) is 9.30. The summed E-state index contributed by atoms with van der Waals surface area (Å²) in [4.78, 5) is 23.5. The number of carbonyl (C=O) groups excluding carboxylic acids is 1. The van der Waals surface area contributed by atoms with Gasteiger partial charge in [-0.05, 0) is 24.5 Å². The van der Waals surface area contributed by atoms with E-state index in [0.717, 1.165) is 55.1 Å². The van der Waals surface area contributed by atoms with Crippen LogP contribution in [-0.4, -0.2) is 29.0 Å². The minimum absolute atomic E-state index is 0.0165. The molecule has 6 nitrogen and oxygen atoms in total. The molecule has 3 heterocycles. The number of nitrogens with one attached hydrogen (secondary N) is 1. The highest BCUT2D eigenvalue weighted by Gasteiger charge is 2.26. The van der Waals surface area contributed by atoms with Crippen LogP contribution < -0.4 is 10.2 Å². The molecule has 7 heteroatoms. The number of aryl methyl sites for hydroxylation is 1. The molecule has 0 aliphatic carbocycles. The number of anilines is 1. The number of carbonyl (C=O) groups is 1. The summed E-state index contributed by atoms with van der Waals surface area (Å²) in [6.07, 6.45) is 5.82. The highest BCUT2D eigenvalue weighted by atomic mass is 35.5. The molecule has 0 radical (unpaired) electrons. The van der Waals surface area contributed by atoms with Crippen molar-refractivity contribution in [3.8, 4) is 11.5 Å². The average molecular weight is 425 g/mol. The molecule has 1 aliphatic heterocycles. The van der Waals surface area contributed by atoms with E-state index in [9.17, 15) is 4.79 Å². The first-order chi connectivity index (χ1) is 14.6. The van der Waals surface area contributed by atoms with Gasteiger partial charge in [0.1, 0.15) is 11.6 Å². The first-order valence-electron chi connectivity index (χ1n) is 10.3. The lowest BCUT2D eigenvalue weighted by molar-refractivity contribution is -0.125. The topological polar surface area (TPSA) is 71.3 Å². The zero-order chi connectivity index (χ0) is 20.9. The van der Waals surface area contributed by atoms with Gasteiger partial charge in [-0.15, -0.1) is 0 Å². The SMILES string of the molecule is CCc1cnc(-c2cnc(N3CCC(C(=O)NCc4ccccc4)CC3)c(Cl)c2)o1. The zero-order valence-corrected chi connectivity index (χ0v) is 17.7. The molecule has 30 heavy (non-hydrogen) atoms. The summed E-state index contributed by atoms with van der Waals surface area (Å²) >= 11 is 6.52. The Hall–Kier alpha value is -2.86. The van der Waals surface area contributed by atoms with Crippen LogP contribution in [0.15, 0.2) is 53.2 Å². The number of hydrogen-bond donors (Lipinski definition) is 1. The van der Waals surface area contributed by atoms with Crippen molar-refractivity contribution in [2.75, 3.05) is 18.0 Å². The van der Waals surface area contributed by atoms with E-state index in [-0.39, 0.29) is 11.8 Å². The second-order valence-electron chi connectivity index (χ2n) is 7.48. The molecule has 1 fully saturated rings. The highest BCUT2D eigenvalue weighted by molar-refractivity contribution is 6.33. The lowest BCUT2D eigenvalue weighted by Crippen LogP contribution is -2.40. The third-order valence-electron chi connectivity index (χ3n) is 5.45. The lowest BCUT2D eigenvalue weighted by atomic mass is 9.95. The van der Waals surface area contributed by atoms with Crippen molar-refractivity contribution < 1.29 is 9.21 Å². The van der Waals surface area contributed by atoms with Gasteiger partial charge < -0.3 is 14.6 Å². The molecule has 1 aliphatic rings. The van der Waals surface area contributed by atoms with Gasteiger partial charge in [0.25, 0.3) is 0 Å². The number of amides is 1. The number of benzene rings is 1. The second-order valence-corrected chi connectivity index (χ2v) is 7.89. The van der Waals surface area contributed by atoms with Gasteiger partial charge in [-0.2, -0.15) is 0 Å². The van der Waals surface area contributed by atoms with Gasteiger partial charge in [0.05, 0.1) is 16.8 Å². The monoisotopic (exact) mass is 424 g/mol. The van der Waals surface area contributed by atoms with Crippen molar-refractivity contribution in [3.63, 3.8) is 0 Å². The van der Waals surface area contributed by atoms with E-state index in [0.29, 0.717) is 17.5 Å². The number of aromatic nitrogens is 2. The molecule has 1 aromatic carbocycles. The van der Waals surface area contributed by atoms with Crippen LogP contribution in [0.25, 0.3) is 11.5 Å². The van der Waals surface area contributed by atoms with Gasteiger partial charge in [-0.3, -0.25) is 4.79 Å². The molecular weight excluding hydrogens is 400 g/mol. The molecule has 0 unspecified atom stereocenters. The van der Waals surface area contributed by atoms with Crippen molar-refractivity contribution in [2.45, 2.75) is 32.7 Å². The number of halogens is 1. The fourth-order valence-electron chi connectivity index (χ4n) is 3.67. The Morgan fingerprint density at radius 1 is 1.20 bits per heavy atom. The molecule has 2 aromatic heterocycles. The lowest BCUT2D eigenvalue weighted by Gasteiger charge is -2.32. The van der Waals surface area contributed by atoms with Gasteiger partial charge in [0, 0.05) is 38.2 Å². The van der Waals surface area contributed by atoms with Crippen LogP contribution in [0.3, 0.4) is 0 Å². The molecule has 1 amide bonds. The van der Waals surface area contributed by atoms with Crippen LogP contribution in [0.4, 0.5) is 5.82 Å². The average Bonchev–Trinajstić information content (AvgIpc) is 3.28. The summed E-state index contributed by atoms with van der Waals surface area (Å²) in [5.74, 6) is 2.23. The maximum atomic E-state index is 12.5. The molecule has 3 aromatic rings. The predicted octanol–water partition coefficient (Wildman–Crippen LogP) is 4.49. The number of oxazole rings is 1. The van der Waals surface area contributed by atoms with Crippen LogP contribution in [0.2, 0.25) is 5.02 Å². The number of nitrogens with zero attached hydrogens (tertiary/aromatic N) is 3. The molecule has 0 atom stereocenters. The molecule has 1 N–H and O–H groups in total. The highest BCUT2D eigenvalue weighted by Crippen LogP contribution is 2.31. The van der Waals surface area contributed by atoms with E-state index in [1.807, 2.05) is 43.3 Å². The molecule has 0 saturated carbocycles. The molecule has 4 rings (SSSR count). The number of hydrogen-bond acceptors (Lipinski definition) is 5. The normalized spacial score (nSPS) is 14.7.